The van der Waals surface area contributed by atoms with Crippen molar-refractivity contribution < 1.29 is 4.74 Å². The Morgan fingerprint density at radius 3 is 2.53 bits per heavy atom. The summed E-state index contributed by atoms with van der Waals surface area (Å²) in [5.41, 5.74) is 0. The Morgan fingerprint density at radius 2 is 2.06 bits per heavy atom. The molecule has 0 aromatic rings. The molecule has 1 saturated carbocycles. The lowest BCUT2D eigenvalue weighted by Gasteiger charge is -2.31. The molecule has 0 saturated heterocycles. The highest BCUT2D eigenvalue weighted by molar-refractivity contribution is 4.88. The summed E-state index contributed by atoms with van der Waals surface area (Å²) in [6.45, 7) is 11.0. The summed E-state index contributed by atoms with van der Waals surface area (Å²) < 4.78 is 5.22. The first-order valence-electron chi connectivity index (χ1n) is 7.19. The van der Waals surface area contributed by atoms with E-state index in [9.17, 15) is 0 Å². The Balaban J connectivity index is 2.42. The van der Waals surface area contributed by atoms with Gasteiger partial charge in [-0.1, -0.05) is 27.2 Å². The zero-order valence-corrected chi connectivity index (χ0v) is 12.0. The lowest BCUT2D eigenvalue weighted by molar-refractivity contribution is 0.129. The van der Waals surface area contributed by atoms with Gasteiger partial charge in [0, 0.05) is 32.3 Å². The van der Waals surface area contributed by atoms with Crippen LogP contribution in [0, 0.1) is 5.92 Å². The number of nitrogens with zero attached hydrogens (tertiary/aromatic N) is 1. The lowest BCUT2D eigenvalue weighted by Crippen LogP contribution is -2.46. The van der Waals surface area contributed by atoms with Gasteiger partial charge in [0.15, 0.2) is 0 Å². The average Bonchev–Trinajstić information content (AvgIpc) is 3.16. The summed E-state index contributed by atoms with van der Waals surface area (Å²) in [5.74, 6) is 0.749. The highest BCUT2D eigenvalue weighted by Gasteiger charge is 2.30. The molecule has 0 aromatic carbocycles. The molecule has 0 aromatic heterocycles. The molecule has 1 aliphatic rings. The van der Waals surface area contributed by atoms with Crippen molar-refractivity contribution in [3.63, 3.8) is 0 Å². The largest absolute Gasteiger partial charge is 0.383 e. The van der Waals surface area contributed by atoms with Crippen LogP contribution in [0.5, 0.6) is 0 Å². The van der Waals surface area contributed by atoms with E-state index in [-0.39, 0.29) is 0 Å². The number of ether oxygens (including phenoxy) is 1. The maximum atomic E-state index is 5.22. The molecule has 3 nitrogen and oxygen atoms in total. The summed E-state index contributed by atoms with van der Waals surface area (Å²) in [7, 11) is 1.79. The maximum absolute atomic E-state index is 5.22. The topological polar surface area (TPSA) is 24.5 Å². The minimum atomic E-state index is 0.627. The van der Waals surface area contributed by atoms with Crippen molar-refractivity contribution in [2.24, 2.45) is 5.92 Å². The minimum Gasteiger partial charge on any atom is -0.383 e. The molecule has 0 aliphatic heterocycles. The van der Waals surface area contributed by atoms with Crippen LogP contribution in [0.2, 0.25) is 0 Å². The Labute approximate surface area is 107 Å². The molecule has 1 aliphatic carbocycles. The normalized spacial score (nSPS) is 19.6. The predicted octanol–water partition coefficient (Wildman–Crippen LogP) is 2.12. The average molecular weight is 242 g/mol. The van der Waals surface area contributed by atoms with Gasteiger partial charge in [-0.25, -0.2) is 0 Å². The van der Waals surface area contributed by atoms with Gasteiger partial charge in [-0.2, -0.15) is 0 Å². The van der Waals surface area contributed by atoms with Gasteiger partial charge >= 0.3 is 0 Å². The van der Waals surface area contributed by atoms with Crippen molar-refractivity contribution >= 4 is 0 Å². The fraction of sp³-hybridized carbons (Fsp3) is 1.00. The van der Waals surface area contributed by atoms with Crippen molar-refractivity contribution in [2.45, 2.75) is 52.1 Å². The monoisotopic (exact) mass is 242 g/mol. The van der Waals surface area contributed by atoms with Crippen LogP contribution in [-0.4, -0.2) is 50.3 Å². The second kappa shape index (κ2) is 8.06. The molecule has 2 atom stereocenters. The molecular formula is C14H30N2O. The van der Waals surface area contributed by atoms with Gasteiger partial charge in [-0.05, 0) is 25.3 Å². The Kier molecular flexibility index (Phi) is 7.09. The maximum Gasteiger partial charge on any atom is 0.0589 e. The molecule has 0 amide bonds. The molecule has 17 heavy (non-hydrogen) atoms. The van der Waals surface area contributed by atoms with Crippen molar-refractivity contribution in [3.8, 4) is 0 Å². The molecule has 3 heteroatoms. The standard InChI is InChI=1S/C14H30N2O/c1-5-12(3)14(15-6-2)11-16(9-10-17-4)13-7-8-13/h12-15H,5-11H2,1-4H3. The fourth-order valence-corrected chi connectivity index (χ4v) is 2.32. The molecule has 2 unspecified atom stereocenters. The summed E-state index contributed by atoms with van der Waals surface area (Å²) in [4.78, 5) is 2.61. The summed E-state index contributed by atoms with van der Waals surface area (Å²) in [6, 6.07) is 1.46. The number of likely N-dealkylation sites (N-methyl/N-ethyl adjacent to an activating group) is 1. The van der Waals surface area contributed by atoms with Crippen molar-refractivity contribution in [3.05, 3.63) is 0 Å². The Morgan fingerprint density at radius 1 is 1.35 bits per heavy atom. The molecular weight excluding hydrogens is 212 g/mol. The number of hydrogen-bond acceptors (Lipinski definition) is 3. The van der Waals surface area contributed by atoms with Gasteiger partial charge in [0.25, 0.3) is 0 Å². The molecule has 0 bridgehead atoms. The molecule has 1 rings (SSSR count). The van der Waals surface area contributed by atoms with E-state index in [1.807, 2.05) is 0 Å². The van der Waals surface area contributed by atoms with E-state index in [1.54, 1.807) is 7.11 Å². The van der Waals surface area contributed by atoms with E-state index in [0.29, 0.717) is 6.04 Å². The molecule has 102 valence electrons. The Bertz CT molecular complexity index is 195. The second-order valence-electron chi connectivity index (χ2n) is 5.27. The first-order chi connectivity index (χ1) is 8.22. The summed E-state index contributed by atoms with van der Waals surface area (Å²) >= 11 is 0. The van der Waals surface area contributed by atoms with Gasteiger partial charge in [0.05, 0.1) is 6.61 Å². The van der Waals surface area contributed by atoms with Crippen LogP contribution in [-0.2, 0) is 4.74 Å². The zero-order valence-electron chi connectivity index (χ0n) is 12.0. The molecule has 1 fully saturated rings. The highest BCUT2D eigenvalue weighted by atomic mass is 16.5. The van der Waals surface area contributed by atoms with Gasteiger partial charge in [0.2, 0.25) is 0 Å². The summed E-state index contributed by atoms with van der Waals surface area (Å²) in [6.07, 6.45) is 4.01. The lowest BCUT2D eigenvalue weighted by atomic mass is 9.98. The third-order valence-electron chi connectivity index (χ3n) is 3.87. The Hall–Kier alpha value is -0.120. The zero-order chi connectivity index (χ0) is 12.7. The third-order valence-corrected chi connectivity index (χ3v) is 3.87. The van der Waals surface area contributed by atoms with E-state index in [0.717, 1.165) is 31.7 Å². The number of methoxy groups -OCH3 is 1. The van der Waals surface area contributed by atoms with Crippen molar-refractivity contribution in [2.75, 3.05) is 33.4 Å². The number of rotatable bonds is 10. The van der Waals surface area contributed by atoms with E-state index < -0.39 is 0 Å². The smallest absolute Gasteiger partial charge is 0.0589 e. The van der Waals surface area contributed by atoms with E-state index >= 15 is 0 Å². The van der Waals surface area contributed by atoms with Crippen LogP contribution in [0.15, 0.2) is 0 Å². The van der Waals surface area contributed by atoms with Gasteiger partial charge in [-0.15, -0.1) is 0 Å². The molecule has 0 radical (unpaired) electrons. The fourth-order valence-electron chi connectivity index (χ4n) is 2.32. The van der Waals surface area contributed by atoms with Crippen LogP contribution in [0.4, 0.5) is 0 Å². The van der Waals surface area contributed by atoms with Gasteiger partial charge in [-0.3, -0.25) is 4.90 Å². The van der Waals surface area contributed by atoms with Crippen LogP contribution in [0.3, 0.4) is 0 Å². The number of hydrogen-bond donors (Lipinski definition) is 1. The second-order valence-corrected chi connectivity index (χ2v) is 5.27. The van der Waals surface area contributed by atoms with Crippen molar-refractivity contribution in [1.29, 1.82) is 0 Å². The quantitative estimate of drug-likeness (QED) is 0.635. The van der Waals surface area contributed by atoms with Crippen LogP contribution < -0.4 is 5.32 Å². The summed E-state index contributed by atoms with van der Waals surface area (Å²) in [5, 5.41) is 3.64. The third kappa shape index (κ3) is 5.36. The van der Waals surface area contributed by atoms with Gasteiger partial charge < -0.3 is 10.1 Å². The van der Waals surface area contributed by atoms with E-state index in [4.69, 9.17) is 4.74 Å². The van der Waals surface area contributed by atoms with Gasteiger partial charge in [0.1, 0.15) is 0 Å². The van der Waals surface area contributed by atoms with Crippen LogP contribution >= 0.6 is 0 Å². The van der Waals surface area contributed by atoms with Crippen molar-refractivity contribution in [1.82, 2.24) is 10.2 Å². The number of nitrogens with one attached hydrogen (secondary N) is 1. The first-order valence-corrected chi connectivity index (χ1v) is 7.19. The minimum absolute atomic E-state index is 0.627. The van der Waals surface area contributed by atoms with Crippen LogP contribution in [0.1, 0.15) is 40.0 Å². The van der Waals surface area contributed by atoms with Crippen LogP contribution in [0.25, 0.3) is 0 Å². The molecule has 1 N–H and O–H groups in total. The SMILES string of the molecule is CCNC(CN(CCOC)C1CC1)C(C)CC. The molecule has 0 spiro atoms. The highest BCUT2D eigenvalue weighted by Crippen LogP contribution is 2.27. The molecule has 0 heterocycles. The van der Waals surface area contributed by atoms with E-state index in [2.05, 4.69) is 31.0 Å². The predicted molar refractivity (Wildman–Crippen MR) is 73.4 cm³/mol. The van der Waals surface area contributed by atoms with E-state index in [1.165, 1.54) is 25.8 Å². The first kappa shape index (κ1) is 14.9.